The fourth-order valence-corrected chi connectivity index (χ4v) is 5.65. The van der Waals surface area contributed by atoms with Crippen LogP contribution >= 0.6 is 11.6 Å². The smallest absolute Gasteiger partial charge is 0.162 e. The Morgan fingerprint density at radius 3 is 2.62 bits per heavy atom. The maximum absolute atomic E-state index is 6.04. The van der Waals surface area contributed by atoms with Crippen molar-refractivity contribution in [2.75, 3.05) is 30.4 Å². The number of rotatable bonds is 6. The van der Waals surface area contributed by atoms with E-state index in [1.54, 1.807) is 6.20 Å². The normalized spacial score (nSPS) is 19.1. The molecule has 1 aliphatic carbocycles. The van der Waals surface area contributed by atoms with Crippen LogP contribution in [0.5, 0.6) is 0 Å². The molecule has 6 rings (SSSR count). The van der Waals surface area contributed by atoms with Crippen LogP contribution in [0.15, 0.2) is 55.0 Å². The van der Waals surface area contributed by atoms with E-state index in [9.17, 15) is 0 Å². The third kappa shape index (κ3) is 4.86. The van der Waals surface area contributed by atoms with Crippen LogP contribution in [0.3, 0.4) is 0 Å². The lowest BCUT2D eigenvalue weighted by Crippen LogP contribution is -2.53. The highest BCUT2D eigenvalue weighted by Crippen LogP contribution is 2.45. The van der Waals surface area contributed by atoms with Gasteiger partial charge in [-0.25, -0.2) is 15.0 Å². The molecule has 4 aromatic rings. The lowest BCUT2D eigenvalue weighted by Gasteiger charge is -2.45. The number of fused-ring (bicyclic) bond motifs is 1. The van der Waals surface area contributed by atoms with Gasteiger partial charge in [-0.2, -0.15) is 0 Å². The zero-order valence-electron chi connectivity index (χ0n) is 21.5. The van der Waals surface area contributed by atoms with E-state index in [0.29, 0.717) is 22.8 Å². The van der Waals surface area contributed by atoms with Crippen LogP contribution in [0.4, 0.5) is 17.3 Å². The van der Waals surface area contributed by atoms with Gasteiger partial charge in [-0.3, -0.25) is 4.98 Å². The van der Waals surface area contributed by atoms with Crippen molar-refractivity contribution in [1.29, 1.82) is 0 Å². The van der Waals surface area contributed by atoms with Gasteiger partial charge in [0.05, 0.1) is 11.7 Å². The Hall–Kier alpha value is -3.29. The zero-order chi connectivity index (χ0) is 25.6. The van der Waals surface area contributed by atoms with Crippen LogP contribution in [0.25, 0.3) is 22.3 Å². The lowest BCUT2D eigenvalue weighted by atomic mass is 9.79. The number of anilines is 3. The number of piperidine rings is 1. The van der Waals surface area contributed by atoms with E-state index in [-0.39, 0.29) is 5.41 Å². The average Bonchev–Trinajstić information content (AvgIpc) is 3.74. The second-order valence-electron chi connectivity index (χ2n) is 10.9. The topological polar surface area (TPSA) is 78.9 Å². The molecule has 1 saturated heterocycles. The van der Waals surface area contributed by atoms with Gasteiger partial charge in [0.1, 0.15) is 11.6 Å². The molecule has 7 nitrogen and oxygen atoms in total. The quantitative estimate of drug-likeness (QED) is 0.318. The number of nitrogens with one attached hydrogen (secondary N) is 2. The molecule has 2 aliphatic rings. The molecule has 8 heteroatoms. The highest BCUT2D eigenvalue weighted by atomic mass is 35.5. The van der Waals surface area contributed by atoms with Gasteiger partial charge in [0, 0.05) is 53.7 Å². The Bertz CT molecular complexity index is 1430. The molecule has 190 valence electrons. The van der Waals surface area contributed by atoms with Crippen LogP contribution < -0.4 is 15.5 Å². The van der Waals surface area contributed by atoms with Gasteiger partial charge >= 0.3 is 0 Å². The molecule has 2 N–H and O–H groups in total. The molecule has 0 radical (unpaired) electrons. The molecule has 1 atom stereocenters. The largest absolute Gasteiger partial charge is 0.355 e. The summed E-state index contributed by atoms with van der Waals surface area (Å²) in [7, 11) is 2.19. The molecular formula is C29H32ClN7. The first kappa shape index (κ1) is 24.1. The molecule has 3 aromatic heterocycles. The van der Waals surface area contributed by atoms with E-state index in [2.05, 4.69) is 46.4 Å². The standard InChI is InChI=1S/C29H32ClN7/c1-29(2)17-31-12-11-24(29)37(3)28-26-22(18-4-5-18)15-32-16-23(26)35-27(36-28)19-10-13-33-25(14-19)34-21-8-6-20(30)7-9-21/h6-10,13-16,18,24,31H,4-5,11-12,17H2,1-3H3,(H,33,34). The van der Waals surface area contributed by atoms with E-state index in [1.807, 2.05) is 48.8 Å². The van der Waals surface area contributed by atoms with Crippen molar-refractivity contribution in [2.24, 2.45) is 5.41 Å². The van der Waals surface area contributed by atoms with E-state index < -0.39 is 0 Å². The number of hydrogen-bond acceptors (Lipinski definition) is 7. The van der Waals surface area contributed by atoms with E-state index >= 15 is 0 Å². The van der Waals surface area contributed by atoms with Crippen molar-refractivity contribution in [3.8, 4) is 11.4 Å². The number of pyridine rings is 2. The summed E-state index contributed by atoms with van der Waals surface area (Å²) in [5.74, 6) is 2.95. The van der Waals surface area contributed by atoms with Crippen LogP contribution in [0, 0.1) is 5.41 Å². The summed E-state index contributed by atoms with van der Waals surface area (Å²) in [5, 5.41) is 8.76. The number of halogens is 1. The van der Waals surface area contributed by atoms with Crippen LogP contribution in [-0.2, 0) is 0 Å². The Balaban J connectivity index is 1.44. The minimum Gasteiger partial charge on any atom is -0.355 e. The first-order chi connectivity index (χ1) is 17.9. The molecule has 1 aliphatic heterocycles. The van der Waals surface area contributed by atoms with Gasteiger partial charge in [-0.15, -0.1) is 0 Å². The van der Waals surface area contributed by atoms with Crippen molar-refractivity contribution in [3.05, 3.63) is 65.6 Å². The van der Waals surface area contributed by atoms with Crippen molar-refractivity contribution in [3.63, 3.8) is 0 Å². The number of hydrogen-bond donors (Lipinski definition) is 2. The second kappa shape index (κ2) is 9.54. The van der Waals surface area contributed by atoms with Gasteiger partial charge in [0.25, 0.3) is 0 Å². The van der Waals surface area contributed by atoms with E-state index in [4.69, 9.17) is 21.6 Å². The van der Waals surface area contributed by atoms with Crippen molar-refractivity contribution in [1.82, 2.24) is 25.3 Å². The SMILES string of the molecule is CN(c1nc(-c2ccnc(Nc3ccc(Cl)cc3)c2)nc2cncc(C3CC3)c12)C1CCNCC1(C)C. The monoisotopic (exact) mass is 513 g/mol. The Morgan fingerprint density at radius 1 is 1.05 bits per heavy atom. The van der Waals surface area contributed by atoms with Gasteiger partial charge in [0.2, 0.25) is 0 Å². The number of benzene rings is 1. The Morgan fingerprint density at radius 2 is 1.86 bits per heavy atom. The van der Waals surface area contributed by atoms with Crippen molar-refractivity contribution in [2.45, 2.75) is 45.1 Å². The van der Waals surface area contributed by atoms with Crippen LogP contribution in [-0.4, -0.2) is 46.1 Å². The second-order valence-corrected chi connectivity index (χ2v) is 11.3. The number of aromatic nitrogens is 4. The predicted octanol–water partition coefficient (Wildman–Crippen LogP) is 6.19. The fourth-order valence-electron chi connectivity index (χ4n) is 5.52. The first-order valence-corrected chi connectivity index (χ1v) is 13.3. The summed E-state index contributed by atoms with van der Waals surface area (Å²) in [6, 6.07) is 11.9. The minimum atomic E-state index is 0.115. The number of nitrogens with zero attached hydrogens (tertiary/aromatic N) is 5. The maximum atomic E-state index is 6.04. The molecule has 1 saturated carbocycles. The molecule has 1 unspecified atom stereocenters. The molecule has 0 spiro atoms. The van der Waals surface area contributed by atoms with E-state index in [0.717, 1.165) is 53.3 Å². The maximum Gasteiger partial charge on any atom is 0.162 e. The molecule has 37 heavy (non-hydrogen) atoms. The van der Waals surface area contributed by atoms with Crippen molar-refractivity contribution < 1.29 is 0 Å². The fraction of sp³-hybridized carbons (Fsp3) is 0.379. The summed E-state index contributed by atoms with van der Waals surface area (Å²) in [6.45, 7) is 6.67. The average molecular weight is 514 g/mol. The molecular weight excluding hydrogens is 482 g/mol. The van der Waals surface area contributed by atoms with Gasteiger partial charge in [-0.1, -0.05) is 25.4 Å². The lowest BCUT2D eigenvalue weighted by molar-refractivity contribution is 0.215. The third-order valence-electron chi connectivity index (χ3n) is 7.65. The molecule has 2 fully saturated rings. The summed E-state index contributed by atoms with van der Waals surface area (Å²) in [6.07, 6.45) is 9.17. The molecule has 1 aromatic carbocycles. The predicted molar refractivity (Wildman–Crippen MR) is 151 cm³/mol. The van der Waals surface area contributed by atoms with Crippen LogP contribution in [0.1, 0.15) is 44.6 Å². The molecule has 0 amide bonds. The zero-order valence-corrected chi connectivity index (χ0v) is 22.3. The van der Waals surface area contributed by atoms with Crippen LogP contribution in [0.2, 0.25) is 5.02 Å². The summed E-state index contributed by atoms with van der Waals surface area (Å²) in [5.41, 5.74) is 4.11. The highest BCUT2D eigenvalue weighted by Gasteiger charge is 2.37. The molecule has 0 bridgehead atoms. The summed E-state index contributed by atoms with van der Waals surface area (Å²) >= 11 is 6.04. The van der Waals surface area contributed by atoms with Gasteiger partial charge in [0.15, 0.2) is 5.82 Å². The summed E-state index contributed by atoms with van der Waals surface area (Å²) < 4.78 is 0. The third-order valence-corrected chi connectivity index (χ3v) is 7.90. The first-order valence-electron chi connectivity index (χ1n) is 13.0. The van der Waals surface area contributed by atoms with Gasteiger partial charge in [-0.05, 0) is 79.1 Å². The summed E-state index contributed by atoms with van der Waals surface area (Å²) in [4.78, 5) is 21.7. The van der Waals surface area contributed by atoms with E-state index in [1.165, 1.54) is 18.4 Å². The van der Waals surface area contributed by atoms with Gasteiger partial charge < -0.3 is 15.5 Å². The Kier molecular flexibility index (Phi) is 6.21. The minimum absolute atomic E-state index is 0.115. The Labute approximate surface area is 222 Å². The highest BCUT2D eigenvalue weighted by molar-refractivity contribution is 6.30. The van der Waals surface area contributed by atoms with Crippen molar-refractivity contribution >= 4 is 39.8 Å². The molecule has 4 heterocycles.